The zero-order chi connectivity index (χ0) is 15.6. The van der Waals surface area contributed by atoms with E-state index in [1.165, 1.54) is 22.8 Å². The number of hydrogen-bond donors (Lipinski definition) is 2. The smallest absolute Gasteiger partial charge is 0.251 e. The highest BCUT2D eigenvalue weighted by Crippen LogP contribution is 2.31. The fourth-order valence-electron chi connectivity index (χ4n) is 1.80. The summed E-state index contributed by atoms with van der Waals surface area (Å²) < 4.78 is 1.29. The Bertz CT molecular complexity index is 733. The minimum atomic E-state index is -0.406. The van der Waals surface area contributed by atoms with Crippen LogP contribution in [0, 0.1) is 6.92 Å². The van der Waals surface area contributed by atoms with E-state index in [9.17, 15) is 9.59 Å². The second-order valence-electron chi connectivity index (χ2n) is 4.57. The van der Waals surface area contributed by atoms with Gasteiger partial charge >= 0.3 is 0 Å². The fraction of sp³-hybridized carbons (Fsp3) is 0.143. The van der Waals surface area contributed by atoms with Gasteiger partial charge in [-0.2, -0.15) is 0 Å². The van der Waals surface area contributed by atoms with Gasteiger partial charge in [-0.05, 0) is 30.7 Å². The summed E-state index contributed by atoms with van der Waals surface area (Å²) in [6.45, 7) is 1.68. The van der Waals surface area contributed by atoms with Crippen LogP contribution in [0.1, 0.15) is 5.56 Å². The number of nitrogens with zero attached hydrogens (tertiary/aromatic N) is 1. The lowest BCUT2D eigenvalue weighted by molar-refractivity contribution is -0.116. The SMILES string of the molecule is Cc1ccn(CC(=O)Nc2c(N)cc(Cl)cc2Cl)c(=O)c1. The lowest BCUT2D eigenvalue weighted by Gasteiger charge is -2.11. The van der Waals surface area contributed by atoms with E-state index in [2.05, 4.69) is 5.32 Å². The number of carbonyl (C=O) groups is 1. The van der Waals surface area contributed by atoms with Crippen LogP contribution in [0.15, 0.2) is 35.3 Å². The lowest BCUT2D eigenvalue weighted by Crippen LogP contribution is -2.27. The summed E-state index contributed by atoms with van der Waals surface area (Å²) in [5, 5.41) is 3.20. The molecule has 0 aliphatic heterocycles. The van der Waals surface area contributed by atoms with Crippen LogP contribution in [0.3, 0.4) is 0 Å². The Hall–Kier alpha value is -1.98. The molecule has 0 bridgehead atoms. The van der Waals surface area contributed by atoms with Crippen LogP contribution >= 0.6 is 23.2 Å². The molecule has 5 nitrogen and oxygen atoms in total. The predicted molar refractivity (Wildman–Crippen MR) is 84.9 cm³/mol. The molecule has 3 N–H and O–H groups in total. The van der Waals surface area contributed by atoms with Crippen LogP contribution in [0.2, 0.25) is 10.0 Å². The topological polar surface area (TPSA) is 77.1 Å². The Morgan fingerprint density at radius 3 is 2.67 bits per heavy atom. The Morgan fingerprint density at radius 1 is 1.33 bits per heavy atom. The largest absolute Gasteiger partial charge is 0.397 e. The number of aromatic nitrogens is 1. The first kappa shape index (κ1) is 15.4. The van der Waals surface area contributed by atoms with Crippen molar-refractivity contribution in [3.63, 3.8) is 0 Å². The average Bonchev–Trinajstić information content (AvgIpc) is 2.37. The molecule has 0 aliphatic rings. The van der Waals surface area contributed by atoms with Crippen molar-refractivity contribution in [1.29, 1.82) is 0 Å². The van der Waals surface area contributed by atoms with E-state index < -0.39 is 5.91 Å². The molecule has 1 heterocycles. The summed E-state index contributed by atoms with van der Waals surface area (Å²) in [7, 11) is 0. The maximum Gasteiger partial charge on any atom is 0.251 e. The van der Waals surface area contributed by atoms with Gasteiger partial charge in [-0.1, -0.05) is 23.2 Å². The number of hydrogen-bond acceptors (Lipinski definition) is 3. The maximum absolute atomic E-state index is 12.0. The van der Waals surface area contributed by atoms with Crippen molar-refractivity contribution in [3.05, 3.63) is 56.4 Å². The summed E-state index contributed by atoms with van der Waals surface area (Å²) >= 11 is 11.8. The lowest BCUT2D eigenvalue weighted by atomic mass is 10.2. The second kappa shape index (κ2) is 6.20. The summed E-state index contributed by atoms with van der Waals surface area (Å²) in [4.78, 5) is 23.7. The van der Waals surface area contributed by atoms with Gasteiger partial charge in [0.15, 0.2) is 0 Å². The van der Waals surface area contributed by atoms with Crippen LogP contribution in [0.5, 0.6) is 0 Å². The quantitative estimate of drug-likeness (QED) is 0.852. The molecular weight excluding hydrogens is 313 g/mol. The van der Waals surface area contributed by atoms with Gasteiger partial charge in [0, 0.05) is 17.3 Å². The van der Waals surface area contributed by atoms with Gasteiger partial charge in [0.25, 0.3) is 5.56 Å². The van der Waals surface area contributed by atoms with Gasteiger partial charge < -0.3 is 15.6 Å². The number of pyridine rings is 1. The van der Waals surface area contributed by atoms with Crippen LogP contribution in [0.25, 0.3) is 0 Å². The monoisotopic (exact) mass is 325 g/mol. The molecule has 0 atom stereocenters. The molecule has 0 saturated carbocycles. The van der Waals surface area contributed by atoms with Crippen molar-refractivity contribution in [3.8, 4) is 0 Å². The molecule has 0 radical (unpaired) electrons. The summed E-state index contributed by atoms with van der Waals surface area (Å²) in [6, 6.07) is 6.17. The molecule has 2 rings (SSSR count). The van der Waals surface area contributed by atoms with Crippen molar-refractivity contribution in [2.75, 3.05) is 11.1 Å². The van der Waals surface area contributed by atoms with Crippen LogP contribution in [-0.2, 0) is 11.3 Å². The summed E-state index contributed by atoms with van der Waals surface area (Å²) in [5.74, 6) is -0.406. The zero-order valence-electron chi connectivity index (χ0n) is 11.2. The van der Waals surface area contributed by atoms with E-state index in [1.54, 1.807) is 19.2 Å². The van der Waals surface area contributed by atoms with E-state index in [0.29, 0.717) is 5.02 Å². The number of halogens is 2. The molecule has 110 valence electrons. The minimum Gasteiger partial charge on any atom is -0.397 e. The number of rotatable bonds is 3. The molecule has 0 fully saturated rings. The molecule has 0 aliphatic carbocycles. The Labute approximate surface area is 131 Å². The molecule has 0 spiro atoms. The number of nitrogens with one attached hydrogen (secondary N) is 1. The minimum absolute atomic E-state index is 0.127. The van der Waals surface area contributed by atoms with Gasteiger partial charge in [-0.3, -0.25) is 9.59 Å². The standard InChI is InChI=1S/C14H13Cl2N3O2/c1-8-2-3-19(13(21)4-8)7-12(20)18-14-10(16)5-9(15)6-11(14)17/h2-6H,7,17H2,1H3,(H,18,20). The van der Waals surface area contributed by atoms with Crippen LogP contribution in [0.4, 0.5) is 11.4 Å². The number of carbonyl (C=O) groups excluding carboxylic acids is 1. The van der Waals surface area contributed by atoms with E-state index >= 15 is 0 Å². The first-order valence-electron chi connectivity index (χ1n) is 6.08. The van der Waals surface area contributed by atoms with Gasteiger partial charge in [-0.25, -0.2) is 0 Å². The maximum atomic E-state index is 12.0. The van der Waals surface area contributed by atoms with E-state index in [1.807, 2.05) is 0 Å². The van der Waals surface area contributed by atoms with E-state index in [0.717, 1.165) is 5.56 Å². The molecule has 1 aromatic carbocycles. The van der Waals surface area contributed by atoms with Crippen molar-refractivity contribution in [1.82, 2.24) is 4.57 Å². The second-order valence-corrected chi connectivity index (χ2v) is 5.41. The number of nitrogens with two attached hydrogens (primary N) is 1. The van der Waals surface area contributed by atoms with Gasteiger partial charge in [0.2, 0.25) is 5.91 Å². The highest BCUT2D eigenvalue weighted by atomic mass is 35.5. The summed E-state index contributed by atoms with van der Waals surface area (Å²) in [6.07, 6.45) is 1.56. The van der Waals surface area contributed by atoms with Crippen molar-refractivity contribution in [2.24, 2.45) is 0 Å². The van der Waals surface area contributed by atoms with Crippen LogP contribution < -0.4 is 16.6 Å². The van der Waals surface area contributed by atoms with Crippen molar-refractivity contribution in [2.45, 2.75) is 13.5 Å². The highest BCUT2D eigenvalue weighted by Gasteiger charge is 2.11. The van der Waals surface area contributed by atoms with Crippen molar-refractivity contribution < 1.29 is 4.79 Å². The number of nitrogen functional groups attached to an aromatic ring is 1. The fourth-order valence-corrected chi connectivity index (χ4v) is 2.35. The third-order valence-electron chi connectivity index (χ3n) is 2.82. The van der Waals surface area contributed by atoms with Gasteiger partial charge in [0.1, 0.15) is 6.54 Å². The van der Waals surface area contributed by atoms with Gasteiger partial charge in [-0.15, -0.1) is 0 Å². The Kier molecular flexibility index (Phi) is 4.55. The molecular formula is C14H13Cl2N3O2. The van der Waals surface area contributed by atoms with Crippen LogP contribution in [-0.4, -0.2) is 10.5 Å². The molecule has 1 amide bonds. The summed E-state index contributed by atoms with van der Waals surface area (Å²) in [5.41, 5.74) is 6.89. The molecule has 1 aromatic heterocycles. The van der Waals surface area contributed by atoms with Gasteiger partial charge in [0.05, 0.1) is 16.4 Å². The number of amides is 1. The Balaban J connectivity index is 2.17. The third-order valence-corrected chi connectivity index (χ3v) is 3.33. The number of anilines is 2. The first-order chi connectivity index (χ1) is 9.86. The average molecular weight is 326 g/mol. The Morgan fingerprint density at radius 2 is 2.05 bits per heavy atom. The third kappa shape index (κ3) is 3.77. The molecule has 7 heteroatoms. The molecule has 2 aromatic rings. The number of aryl methyl sites for hydroxylation is 1. The van der Waals surface area contributed by atoms with E-state index in [4.69, 9.17) is 28.9 Å². The number of benzene rings is 1. The predicted octanol–water partition coefficient (Wildman–Crippen LogP) is 2.68. The first-order valence-corrected chi connectivity index (χ1v) is 6.84. The molecule has 21 heavy (non-hydrogen) atoms. The normalized spacial score (nSPS) is 10.4. The van der Waals surface area contributed by atoms with Crippen molar-refractivity contribution >= 4 is 40.5 Å². The van der Waals surface area contributed by atoms with E-state index in [-0.39, 0.29) is 28.5 Å². The molecule has 0 unspecified atom stereocenters. The molecule has 0 saturated heterocycles. The zero-order valence-corrected chi connectivity index (χ0v) is 12.7. The highest BCUT2D eigenvalue weighted by molar-refractivity contribution is 6.37.